The smallest absolute Gasteiger partial charge is 0.271 e. The summed E-state index contributed by atoms with van der Waals surface area (Å²) in [6.07, 6.45) is 1.76. The average Bonchev–Trinajstić information content (AvgIpc) is 2.97. The zero-order valence-electron chi connectivity index (χ0n) is 12.8. The van der Waals surface area contributed by atoms with Crippen LogP contribution in [0, 0.1) is 10.1 Å². The van der Waals surface area contributed by atoms with Crippen molar-refractivity contribution >= 4 is 38.8 Å². The Bertz CT molecular complexity index is 858. The second-order valence-corrected chi connectivity index (χ2v) is 6.40. The van der Waals surface area contributed by atoms with Crippen LogP contribution in [0.25, 0.3) is 10.2 Å². The first kappa shape index (κ1) is 16.1. The van der Waals surface area contributed by atoms with Gasteiger partial charge in [0.25, 0.3) is 5.69 Å². The number of nitrogens with zero attached hydrogens (tertiary/aromatic N) is 2. The number of aryl methyl sites for hydroxylation is 1. The van der Waals surface area contributed by atoms with Crippen LogP contribution in [0.2, 0.25) is 0 Å². The number of benzene rings is 2. The van der Waals surface area contributed by atoms with Gasteiger partial charge in [0.1, 0.15) is 0 Å². The van der Waals surface area contributed by atoms with Gasteiger partial charge in [-0.15, -0.1) is 11.3 Å². The molecule has 0 radical (unpaired) electrons. The number of non-ortho nitro benzene ring substituents is 1. The summed E-state index contributed by atoms with van der Waals surface area (Å²) in [6.45, 7) is 0. The Hall–Kier alpha value is -2.80. The lowest BCUT2D eigenvalue weighted by Crippen LogP contribution is -2.11. The lowest BCUT2D eigenvalue weighted by molar-refractivity contribution is -0.384. The van der Waals surface area contributed by atoms with Crippen molar-refractivity contribution < 1.29 is 9.72 Å². The Labute approximate surface area is 142 Å². The number of amides is 1. The number of hydrogen-bond donors (Lipinski definition) is 1. The van der Waals surface area contributed by atoms with Gasteiger partial charge in [0.2, 0.25) is 5.91 Å². The molecule has 0 fully saturated rings. The number of para-hydroxylation sites is 1. The molecule has 0 spiro atoms. The summed E-state index contributed by atoms with van der Waals surface area (Å²) in [6, 6.07) is 13.9. The minimum absolute atomic E-state index is 0.0396. The van der Waals surface area contributed by atoms with Crippen molar-refractivity contribution in [3.63, 3.8) is 0 Å². The Morgan fingerprint density at radius 3 is 2.83 bits per heavy atom. The summed E-state index contributed by atoms with van der Waals surface area (Å²) in [5, 5.41) is 14.4. The first-order valence-corrected chi connectivity index (χ1v) is 8.32. The number of carbonyl (C=O) groups is 1. The highest BCUT2D eigenvalue weighted by molar-refractivity contribution is 7.18. The summed E-state index contributed by atoms with van der Waals surface area (Å²) in [7, 11) is 0. The standard InChI is InChI=1S/C17H15N3O3S/c21-16(18-12-5-3-6-13(11-12)20(22)23)9-4-10-17-19-14-7-1-2-8-15(14)24-17/h1-3,5-8,11H,4,9-10H2,(H,18,21). The number of anilines is 1. The van der Waals surface area contributed by atoms with Crippen LogP contribution in [0.5, 0.6) is 0 Å². The molecule has 1 amide bonds. The number of rotatable bonds is 6. The van der Waals surface area contributed by atoms with Gasteiger partial charge in [-0.3, -0.25) is 14.9 Å². The number of hydrogen-bond acceptors (Lipinski definition) is 5. The second kappa shape index (κ2) is 7.18. The van der Waals surface area contributed by atoms with E-state index in [0.717, 1.165) is 21.6 Å². The van der Waals surface area contributed by atoms with Gasteiger partial charge < -0.3 is 5.32 Å². The maximum absolute atomic E-state index is 12.0. The third-order valence-corrected chi connectivity index (χ3v) is 4.57. The quantitative estimate of drug-likeness (QED) is 0.539. The number of nitro benzene ring substituents is 1. The molecule has 3 rings (SSSR count). The molecule has 0 aliphatic rings. The number of fused-ring (bicyclic) bond motifs is 1. The van der Waals surface area contributed by atoms with Crippen LogP contribution in [-0.4, -0.2) is 15.8 Å². The summed E-state index contributed by atoms with van der Waals surface area (Å²) >= 11 is 1.64. The number of aromatic nitrogens is 1. The molecule has 1 aromatic heterocycles. The van der Waals surface area contributed by atoms with E-state index in [-0.39, 0.29) is 11.6 Å². The SMILES string of the molecule is O=C(CCCc1nc2ccccc2s1)Nc1cccc([N+](=O)[O-])c1. The Kier molecular flexibility index (Phi) is 4.81. The zero-order valence-corrected chi connectivity index (χ0v) is 13.6. The molecule has 24 heavy (non-hydrogen) atoms. The van der Waals surface area contributed by atoms with E-state index in [1.165, 1.54) is 12.1 Å². The molecule has 122 valence electrons. The topological polar surface area (TPSA) is 85.1 Å². The molecule has 0 aliphatic carbocycles. The minimum atomic E-state index is -0.483. The van der Waals surface area contributed by atoms with Crippen molar-refractivity contribution in [1.29, 1.82) is 0 Å². The maximum Gasteiger partial charge on any atom is 0.271 e. The zero-order chi connectivity index (χ0) is 16.9. The molecule has 0 saturated carbocycles. The van der Waals surface area contributed by atoms with Crippen LogP contribution in [-0.2, 0) is 11.2 Å². The fourth-order valence-corrected chi connectivity index (χ4v) is 3.36. The summed E-state index contributed by atoms with van der Waals surface area (Å²) in [5.41, 5.74) is 1.38. The van der Waals surface area contributed by atoms with Crippen LogP contribution < -0.4 is 5.32 Å². The van der Waals surface area contributed by atoms with Crippen LogP contribution in [0.1, 0.15) is 17.8 Å². The molecular weight excluding hydrogens is 326 g/mol. The minimum Gasteiger partial charge on any atom is -0.326 e. The fourth-order valence-electron chi connectivity index (χ4n) is 2.35. The molecule has 0 saturated heterocycles. The third-order valence-electron chi connectivity index (χ3n) is 3.47. The normalized spacial score (nSPS) is 10.7. The molecule has 0 bridgehead atoms. The van der Waals surface area contributed by atoms with Crippen LogP contribution in [0.3, 0.4) is 0 Å². The summed E-state index contributed by atoms with van der Waals surface area (Å²) < 4.78 is 1.15. The molecule has 0 unspecified atom stereocenters. The molecule has 1 N–H and O–H groups in total. The van der Waals surface area contributed by atoms with E-state index in [0.29, 0.717) is 18.5 Å². The average molecular weight is 341 g/mol. The Balaban J connectivity index is 1.52. The van der Waals surface area contributed by atoms with E-state index < -0.39 is 4.92 Å². The third kappa shape index (κ3) is 3.94. The van der Waals surface area contributed by atoms with Gasteiger partial charge in [0.15, 0.2) is 0 Å². The summed E-state index contributed by atoms with van der Waals surface area (Å²) in [4.78, 5) is 26.7. The van der Waals surface area contributed by atoms with Crippen molar-refractivity contribution in [2.45, 2.75) is 19.3 Å². The van der Waals surface area contributed by atoms with Gasteiger partial charge in [-0.25, -0.2) is 4.98 Å². The molecular formula is C17H15N3O3S. The lowest BCUT2D eigenvalue weighted by Gasteiger charge is -2.04. The number of nitro groups is 1. The van der Waals surface area contributed by atoms with Gasteiger partial charge in [-0.2, -0.15) is 0 Å². The predicted molar refractivity (Wildman–Crippen MR) is 94.3 cm³/mol. The van der Waals surface area contributed by atoms with Crippen LogP contribution in [0.15, 0.2) is 48.5 Å². The van der Waals surface area contributed by atoms with Crippen molar-refractivity contribution in [2.24, 2.45) is 0 Å². The van der Waals surface area contributed by atoms with Gasteiger partial charge >= 0.3 is 0 Å². The monoisotopic (exact) mass is 341 g/mol. The van der Waals surface area contributed by atoms with Crippen molar-refractivity contribution in [3.8, 4) is 0 Å². The Morgan fingerprint density at radius 2 is 2.04 bits per heavy atom. The molecule has 0 aliphatic heterocycles. The molecule has 3 aromatic rings. The van der Waals surface area contributed by atoms with E-state index in [1.54, 1.807) is 23.5 Å². The van der Waals surface area contributed by atoms with Crippen LogP contribution in [0.4, 0.5) is 11.4 Å². The largest absolute Gasteiger partial charge is 0.326 e. The van der Waals surface area contributed by atoms with Crippen molar-refractivity contribution in [1.82, 2.24) is 4.98 Å². The van der Waals surface area contributed by atoms with E-state index in [4.69, 9.17) is 0 Å². The Morgan fingerprint density at radius 1 is 1.21 bits per heavy atom. The van der Waals surface area contributed by atoms with E-state index in [1.807, 2.05) is 24.3 Å². The first-order valence-electron chi connectivity index (χ1n) is 7.50. The van der Waals surface area contributed by atoms with E-state index >= 15 is 0 Å². The van der Waals surface area contributed by atoms with Crippen molar-refractivity contribution in [2.75, 3.05) is 5.32 Å². The first-order chi connectivity index (χ1) is 11.6. The number of thiazole rings is 1. The lowest BCUT2D eigenvalue weighted by atomic mass is 10.2. The molecule has 6 nitrogen and oxygen atoms in total. The van der Waals surface area contributed by atoms with Gasteiger partial charge in [0, 0.05) is 24.2 Å². The van der Waals surface area contributed by atoms with Gasteiger partial charge in [0.05, 0.1) is 20.1 Å². The second-order valence-electron chi connectivity index (χ2n) is 5.28. The predicted octanol–water partition coefficient (Wildman–Crippen LogP) is 4.17. The maximum atomic E-state index is 12.0. The number of nitrogens with one attached hydrogen (secondary N) is 1. The van der Waals surface area contributed by atoms with Gasteiger partial charge in [-0.1, -0.05) is 18.2 Å². The van der Waals surface area contributed by atoms with Gasteiger partial charge in [-0.05, 0) is 31.0 Å². The molecule has 0 atom stereocenters. The fraction of sp³-hybridized carbons (Fsp3) is 0.176. The van der Waals surface area contributed by atoms with Crippen LogP contribution >= 0.6 is 11.3 Å². The summed E-state index contributed by atoms with van der Waals surface area (Å²) in [5.74, 6) is -0.156. The highest BCUT2D eigenvalue weighted by Gasteiger charge is 2.09. The van der Waals surface area contributed by atoms with E-state index in [2.05, 4.69) is 10.3 Å². The van der Waals surface area contributed by atoms with Crippen molar-refractivity contribution in [3.05, 3.63) is 63.7 Å². The highest BCUT2D eigenvalue weighted by atomic mass is 32.1. The highest BCUT2D eigenvalue weighted by Crippen LogP contribution is 2.23. The molecule has 2 aromatic carbocycles. The molecule has 7 heteroatoms. The molecule has 1 heterocycles. The number of carbonyl (C=O) groups excluding carboxylic acids is 1. The van der Waals surface area contributed by atoms with E-state index in [9.17, 15) is 14.9 Å².